The van der Waals surface area contributed by atoms with Gasteiger partial charge in [0.05, 0.1) is 12.3 Å². The van der Waals surface area contributed by atoms with Gasteiger partial charge in [-0.1, -0.05) is 30.0 Å². The van der Waals surface area contributed by atoms with Crippen molar-refractivity contribution in [1.29, 1.82) is 0 Å². The minimum absolute atomic E-state index is 0.0830. The number of ether oxygens (including phenoxy) is 1. The highest BCUT2D eigenvalue weighted by Crippen LogP contribution is 2.32. The summed E-state index contributed by atoms with van der Waals surface area (Å²) in [5.74, 6) is 0.514. The maximum Gasteiger partial charge on any atom is 0.242 e. The number of amides is 2. The first-order valence-electron chi connectivity index (χ1n) is 9.25. The van der Waals surface area contributed by atoms with Crippen LogP contribution in [0.5, 0.6) is 5.75 Å². The Bertz CT molecular complexity index is 853. The highest BCUT2D eigenvalue weighted by molar-refractivity contribution is 8.15. The zero-order valence-electron chi connectivity index (χ0n) is 15.9. The van der Waals surface area contributed by atoms with Gasteiger partial charge in [-0.05, 0) is 50.2 Å². The fourth-order valence-electron chi connectivity index (χ4n) is 2.81. The second-order valence-electron chi connectivity index (χ2n) is 6.13. The van der Waals surface area contributed by atoms with Crippen molar-refractivity contribution >= 4 is 40.1 Å². The summed E-state index contributed by atoms with van der Waals surface area (Å²) < 4.78 is 5.44. The Morgan fingerprint density at radius 1 is 1.14 bits per heavy atom. The summed E-state index contributed by atoms with van der Waals surface area (Å²) in [6, 6.07) is 16.6. The van der Waals surface area contributed by atoms with Crippen LogP contribution >= 0.6 is 11.8 Å². The van der Waals surface area contributed by atoms with Gasteiger partial charge in [-0.3, -0.25) is 14.5 Å². The molecule has 28 heavy (non-hydrogen) atoms. The van der Waals surface area contributed by atoms with Crippen LogP contribution < -0.4 is 10.1 Å². The van der Waals surface area contributed by atoms with E-state index in [0.29, 0.717) is 18.3 Å². The van der Waals surface area contributed by atoms with Crippen LogP contribution in [0.25, 0.3) is 0 Å². The molecule has 1 unspecified atom stereocenters. The molecule has 1 saturated heterocycles. The lowest BCUT2D eigenvalue weighted by Gasteiger charge is -2.13. The number of aliphatic imine (C=N–C) groups is 1. The summed E-state index contributed by atoms with van der Waals surface area (Å²) in [7, 11) is 0. The molecule has 146 valence electrons. The number of nitrogens with one attached hydrogen (secondary N) is 1. The molecule has 0 spiro atoms. The van der Waals surface area contributed by atoms with Crippen LogP contribution in [0, 0.1) is 0 Å². The largest absolute Gasteiger partial charge is 0.494 e. The van der Waals surface area contributed by atoms with Gasteiger partial charge in [0.1, 0.15) is 11.0 Å². The van der Waals surface area contributed by atoms with E-state index in [1.165, 1.54) is 11.8 Å². The van der Waals surface area contributed by atoms with Gasteiger partial charge < -0.3 is 10.1 Å². The van der Waals surface area contributed by atoms with E-state index in [2.05, 4.69) is 10.3 Å². The summed E-state index contributed by atoms with van der Waals surface area (Å²) in [5, 5.41) is 2.98. The maximum atomic E-state index is 12.7. The zero-order chi connectivity index (χ0) is 19.9. The Hall–Kier alpha value is -2.80. The van der Waals surface area contributed by atoms with Crippen molar-refractivity contribution in [2.24, 2.45) is 4.99 Å². The molecule has 1 aliphatic heterocycles. The van der Waals surface area contributed by atoms with Crippen LogP contribution in [0.3, 0.4) is 0 Å². The van der Waals surface area contributed by atoms with E-state index in [4.69, 9.17) is 4.74 Å². The quantitative estimate of drug-likeness (QED) is 0.765. The Morgan fingerprint density at radius 3 is 2.50 bits per heavy atom. The van der Waals surface area contributed by atoms with Crippen LogP contribution in [0.1, 0.15) is 20.3 Å². The van der Waals surface area contributed by atoms with Crippen molar-refractivity contribution in [3.8, 4) is 5.75 Å². The first kappa shape index (κ1) is 19.9. The standard InChI is InChI=1S/C21H23N3O3S/c1-3-24-20(26)18(14-19(25)22-15-8-6-5-7-9-15)28-21(24)23-16-10-12-17(13-11-16)27-4-2/h5-13,18H,3-4,14H2,1-2H3,(H,22,25). The lowest BCUT2D eigenvalue weighted by Crippen LogP contribution is -2.33. The van der Waals surface area contributed by atoms with Gasteiger partial charge in [0.2, 0.25) is 11.8 Å². The molecule has 1 atom stereocenters. The monoisotopic (exact) mass is 397 g/mol. The van der Waals surface area contributed by atoms with Crippen molar-refractivity contribution in [1.82, 2.24) is 4.90 Å². The molecular weight excluding hydrogens is 374 g/mol. The topological polar surface area (TPSA) is 71.0 Å². The molecule has 6 nitrogen and oxygen atoms in total. The summed E-state index contributed by atoms with van der Waals surface area (Å²) in [4.78, 5) is 31.2. The van der Waals surface area contributed by atoms with E-state index in [1.54, 1.807) is 4.90 Å². The van der Waals surface area contributed by atoms with E-state index < -0.39 is 5.25 Å². The van der Waals surface area contributed by atoms with Crippen LogP contribution in [-0.2, 0) is 9.59 Å². The van der Waals surface area contributed by atoms with E-state index in [-0.39, 0.29) is 18.2 Å². The number of hydrogen-bond donors (Lipinski definition) is 1. The number of rotatable bonds is 7. The molecule has 0 aliphatic carbocycles. The number of carbonyl (C=O) groups excluding carboxylic acids is 2. The third-order valence-corrected chi connectivity index (χ3v) is 5.31. The van der Waals surface area contributed by atoms with E-state index >= 15 is 0 Å². The molecule has 1 aliphatic rings. The number of carbonyl (C=O) groups is 2. The second-order valence-corrected chi connectivity index (χ2v) is 7.30. The van der Waals surface area contributed by atoms with Gasteiger partial charge in [0.25, 0.3) is 0 Å². The molecule has 1 heterocycles. The number of para-hydroxylation sites is 1. The Kier molecular flexibility index (Phi) is 6.71. The number of nitrogens with zero attached hydrogens (tertiary/aromatic N) is 2. The van der Waals surface area contributed by atoms with Crippen molar-refractivity contribution in [3.63, 3.8) is 0 Å². The summed E-state index contributed by atoms with van der Waals surface area (Å²) in [5.41, 5.74) is 1.46. The number of thioether (sulfide) groups is 1. The first-order valence-corrected chi connectivity index (χ1v) is 10.1. The van der Waals surface area contributed by atoms with Crippen molar-refractivity contribution in [2.75, 3.05) is 18.5 Å². The van der Waals surface area contributed by atoms with Gasteiger partial charge in [0.15, 0.2) is 5.17 Å². The number of hydrogen-bond acceptors (Lipinski definition) is 5. The average molecular weight is 398 g/mol. The average Bonchev–Trinajstić information content (AvgIpc) is 2.98. The van der Waals surface area contributed by atoms with Gasteiger partial charge in [0, 0.05) is 18.7 Å². The SMILES string of the molecule is CCOc1ccc(N=C2SC(CC(=O)Nc3ccccc3)C(=O)N2CC)cc1. The van der Waals surface area contributed by atoms with Crippen LogP contribution in [0.15, 0.2) is 59.6 Å². The van der Waals surface area contributed by atoms with Gasteiger partial charge in [-0.2, -0.15) is 0 Å². The predicted molar refractivity (Wildman–Crippen MR) is 113 cm³/mol. The van der Waals surface area contributed by atoms with Gasteiger partial charge in [-0.25, -0.2) is 4.99 Å². The lowest BCUT2D eigenvalue weighted by molar-refractivity contribution is -0.128. The van der Waals surface area contributed by atoms with E-state index in [9.17, 15) is 9.59 Å². The third kappa shape index (κ3) is 4.92. The number of amidine groups is 1. The minimum Gasteiger partial charge on any atom is -0.494 e. The number of benzene rings is 2. The molecule has 0 saturated carbocycles. The normalized spacial score (nSPS) is 17.8. The fourth-order valence-corrected chi connectivity index (χ4v) is 4.03. The second kappa shape index (κ2) is 9.41. The molecule has 0 aromatic heterocycles. The molecule has 2 aromatic rings. The van der Waals surface area contributed by atoms with Crippen molar-refractivity contribution in [2.45, 2.75) is 25.5 Å². The molecular formula is C21H23N3O3S. The predicted octanol–water partition coefficient (Wildman–Crippen LogP) is 4.07. The van der Waals surface area contributed by atoms with Crippen LogP contribution in [-0.4, -0.2) is 40.3 Å². The Morgan fingerprint density at radius 2 is 1.86 bits per heavy atom. The molecule has 0 radical (unpaired) electrons. The lowest BCUT2D eigenvalue weighted by atomic mass is 10.2. The van der Waals surface area contributed by atoms with Gasteiger partial charge in [-0.15, -0.1) is 0 Å². The van der Waals surface area contributed by atoms with Crippen LogP contribution in [0.4, 0.5) is 11.4 Å². The maximum absolute atomic E-state index is 12.7. The molecule has 1 fully saturated rings. The smallest absolute Gasteiger partial charge is 0.242 e. The molecule has 0 bridgehead atoms. The molecule has 3 rings (SSSR count). The minimum atomic E-state index is -0.467. The molecule has 2 aromatic carbocycles. The Balaban J connectivity index is 1.68. The molecule has 1 N–H and O–H groups in total. The first-order chi connectivity index (χ1) is 13.6. The highest BCUT2D eigenvalue weighted by atomic mass is 32.2. The van der Waals surface area contributed by atoms with Gasteiger partial charge >= 0.3 is 0 Å². The molecule has 7 heteroatoms. The summed E-state index contributed by atoms with van der Waals surface area (Å²) in [6.45, 7) is 4.95. The van der Waals surface area contributed by atoms with E-state index in [1.807, 2.05) is 68.4 Å². The summed E-state index contributed by atoms with van der Waals surface area (Å²) >= 11 is 1.33. The zero-order valence-corrected chi connectivity index (χ0v) is 16.7. The summed E-state index contributed by atoms with van der Waals surface area (Å²) in [6.07, 6.45) is 0.108. The van der Waals surface area contributed by atoms with E-state index in [0.717, 1.165) is 17.1 Å². The molecule has 2 amide bonds. The van der Waals surface area contributed by atoms with Crippen LogP contribution in [0.2, 0.25) is 0 Å². The third-order valence-electron chi connectivity index (χ3n) is 4.14. The fraction of sp³-hybridized carbons (Fsp3) is 0.286. The Labute approximate surface area is 169 Å². The highest BCUT2D eigenvalue weighted by Gasteiger charge is 2.38. The van der Waals surface area contributed by atoms with Crippen molar-refractivity contribution < 1.29 is 14.3 Å². The number of anilines is 1. The van der Waals surface area contributed by atoms with Crippen molar-refractivity contribution in [3.05, 3.63) is 54.6 Å².